The zero-order chi connectivity index (χ0) is 10.1. The summed E-state index contributed by atoms with van der Waals surface area (Å²) in [5.41, 5.74) is 5.23. The van der Waals surface area contributed by atoms with Crippen molar-refractivity contribution in [1.82, 2.24) is 10.2 Å². The first-order valence-electron chi connectivity index (χ1n) is 5.03. The lowest BCUT2D eigenvalue weighted by molar-refractivity contribution is -0.140. The van der Waals surface area contributed by atoms with Crippen LogP contribution in [0.4, 0.5) is 0 Å². The molecule has 0 aliphatic carbocycles. The first kappa shape index (κ1) is 12.3. The molecule has 0 radical (unpaired) electrons. The number of likely N-dealkylation sites (tertiary alicyclic amines) is 1. The summed E-state index contributed by atoms with van der Waals surface area (Å²) in [7, 11) is 0. The highest BCUT2D eigenvalue weighted by atomic mass is 35.5. The molecular formula is C9H16ClN3O2. The summed E-state index contributed by atoms with van der Waals surface area (Å²) < 4.78 is 0. The topological polar surface area (TPSA) is 75.4 Å². The summed E-state index contributed by atoms with van der Waals surface area (Å²) in [5, 5.41) is 3.04. The summed E-state index contributed by atoms with van der Waals surface area (Å²) >= 11 is 0. The average molecular weight is 234 g/mol. The van der Waals surface area contributed by atoms with E-state index in [1.54, 1.807) is 4.90 Å². The van der Waals surface area contributed by atoms with Gasteiger partial charge in [-0.15, -0.1) is 12.4 Å². The second-order valence-corrected chi connectivity index (χ2v) is 3.89. The number of primary amides is 1. The summed E-state index contributed by atoms with van der Waals surface area (Å²) in [6, 6.07) is -0.445. The van der Waals surface area contributed by atoms with Gasteiger partial charge in [0.2, 0.25) is 11.8 Å². The molecule has 0 aromatic heterocycles. The highest BCUT2D eigenvalue weighted by Gasteiger charge is 2.37. The largest absolute Gasteiger partial charge is 0.368 e. The van der Waals surface area contributed by atoms with Crippen LogP contribution in [0.3, 0.4) is 0 Å². The predicted octanol–water partition coefficient (Wildman–Crippen LogP) is -0.754. The van der Waals surface area contributed by atoms with E-state index in [1.165, 1.54) is 0 Å². The molecule has 0 bridgehead atoms. The van der Waals surface area contributed by atoms with Crippen molar-refractivity contribution in [3.05, 3.63) is 0 Å². The molecule has 2 heterocycles. The Labute approximate surface area is 94.8 Å². The van der Waals surface area contributed by atoms with Crippen LogP contribution in [-0.4, -0.2) is 41.9 Å². The van der Waals surface area contributed by atoms with E-state index < -0.39 is 0 Å². The molecule has 0 spiro atoms. The Bertz CT molecular complexity index is 268. The summed E-state index contributed by atoms with van der Waals surface area (Å²) in [6.45, 7) is 1.57. The van der Waals surface area contributed by atoms with Gasteiger partial charge < -0.3 is 16.0 Å². The Hall–Kier alpha value is -0.810. The summed E-state index contributed by atoms with van der Waals surface area (Å²) in [5.74, 6) is -0.340. The number of nitrogens with two attached hydrogens (primary N) is 1. The average Bonchev–Trinajstić information content (AvgIpc) is 2.47. The minimum absolute atomic E-state index is 0. The van der Waals surface area contributed by atoms with Gasteiger partial charge in [0.25, 0.3) is 0 Å². The van der Waals surface area contributed by atoms with Crippen LogP contribution in [0.25, 0.3) is 0 Å². The number of hydrogen-bond acceptors (Lipinski definition) is 3. The quantitative estimate of drug-likeness (QED) is 0.659. The molecule has 2 aliphatic rings. The third kappa shape index (κ3) is 2.23. The van der Waals surface area contributed by atoms with E-state index in [2.05, 4.69) is 5.32 Å². The second-order valence-electron chi connectivity index (χ2n) is 3.89. The maximum atomic E-state index is 11.8. The molecule has 1 unspecified atom stereocenters. The fourth-order valence-corrected chi connectivity index (χ4v) is 2.03. The van der Waals surface area contributed by atoms with Crippen molar-refractivity contribution in [2.45, 2.75) is 31.3 Å². The lowest BCUT2D eigenvalue weighted by Crippen LogP contribution is -2.57. The van der Waals surface area contributed by atoms with Crippen LogP contribution in [0.2, 0.25) is 0 Å². The number of amides is 2. The molecule has 86 valence electrons. The third-order valence-corrected chi connectivity index (χ3v) is 2.99. The molecule has 2 atom stereocenters. The number of nitrogens with zero attached hydrogens (tertiary/aromatic N) is 1. The molecule has 2 fully saturated rings. The molecule has 6 heteroatoms. The van der Waals surface area contributed by atoms with Crippen LogP contribution >= 0.6 is 12.4 Å². The first-order valence-corrected chi connectivity index (χ1v) is 5.03. The van der Waals surface area contributed by atoms with E-state index in [9.17, 15) is 9.59 Å². The van der Waals surface area contributed by atoms with Crippen LogP contribution in [0, 0.1) is 0 Å². The minimum Gasteiger partial charge on any atom is -0.368 e. The molecule has 0 aromatic rings. The second kappa shape index (κ2) is 4.81. The van der Waals surface area contributed by atoms with Crippen molar-refractivity contribution in [1.29, 1.82) is 0 Å². The van der Waals surface area contributed by atoms with Crippen molar-refractivity contribution in [3.63, 3.8) is 0 Å². The molecule has 5 nitrogen and oxygen atoms in total. The monoisotopic (exact) mass is 233 g/mol. The lowest BCUT2D eigenvalue weighted by Gasteiger charge is -2.32. The fraction of sp³-hybridized carbons (Fsp3) is 0.778. The molecule has 0 aromatic carbocycles. The van der Waals surface area contributed by atoms with Crippen molar-refractivity contribution in [2.24, 2.45) is 5.73 Å². The van der Waals surface area contributed by atoms with Gasteiger partial charge in [-0.05, 0) is 25.8 Å². The van der Waals surface area contributed by atoms with Crippen molar-refractivity contribution >= 4 is 24.2 Å². The number of nitrogens with one attached hydrogen (secondary N) is 1. The third-order valence-electron chi connectivity index (χ3n) is 2.99. The normalized spacial score (nSPS) is 29.2. The highest BCUT2D eigenvalue weighted by Crippen LogP contribution is 2.19. The summed E-state index contributed by atoms with van der Waals surface area (Å²) in [4.78, 5) is 24.5. The Kier molecular flexibility index (Phi) is 3.93. The zero-order valence-corrected chi connectivity index (χ0v) is 9.26. The minimum atomic E-state index is -0.379. The predicted molar refractivity (Wildman–Crippen MR) is 57.6 cm³/mol. The smallest absolute Gasteiger partial charge is 0.240 e. The molecule has 2 aliphatic heterocycles. The lowest BCUT2D eigenvalue weighted by atomic mass is 10.1. The number of carbonyl (C=O) groups excluding carboxylic acids is 2. The fourth-order valence-electron chi connectivity index (χ4n) is 2.03. The molecular weight excluding hydrogens is 218 g/mol. The SMILES string of the molecule is Cl.NC(=O)C1CCCN1C(=O)[C@H]1CCN1. The maximum Gasteiger partial charge on any atom is 0.240 e. The Morgan fingerprint density at radius 1 is 1.33 bits per heavy atom. The Morgan fingerprint density at radius 2 is 2.00 bits per heavy atom. The van der Waals surface area contributed by atoms with Crippen LogP contribution in [0.5, 0.6) is 0 Å². The van der Waals surface area contributed by atoms with Crippen LogP contribution in [0.1, 0.15) is 19.3 Å². The van der Waals surface area contributed by atoms with Crippen molar-refractivity contribution in [2.75, 3.05) is 13.1 Å². The Morgan fingerprint density at radius 3 is 2.47 bits per heavy atom. The number of rotatable bonds is 2. The van der Waals surface area contributed by atoms with Gasteiger partial charge in [0, 0.05) is 6.54 Å². The van der Waals surface area contributed by atoms with Gasteiger partial charge in [-0.25, -0.2) is 0 Å². The Balaban J connectivity index is 0.00000112. The molecule has 2 amide bonds. The van der Waals surface area contributed by atoms with Crippen molar-refractivity contribution in [3.8, 4) is 0 Å². The molecule has 3 N–H and O–H groups in total. The van der Waals surface area contributed by atoms with Gasteiger partial charge in [0.15, 0.2) is 0 Å². The molecule has 2 rings (SSSR count). The highest BCUT2D eigenvalue weighted by molar-refractivity contribution is 5.90. The van der Waals surface area contributed by atoms with Gasteiger partial charge in [0.1, 0.15) is 6.04 Å². The van der Waals surface area contributed by atoms with Crippen LogP contribution in [-0.2, 0) is 9.59 Å². The first-order chi connectivity index (χ1) is 6.70. The van der Waals surface area contributed by atoms with Gasteiger partial charge >= 0.3 is 0 Å². The van der Waals surface area contributed by atoms with E-state index in [1.807, 2.05) is 0 Å². The molecule has 15 heavy (non-hydrogen) atoms. The molecule has 0 saturated carbocycles. The van der Waals surface area contributed by atoms with E-state index in [0.717, 1.165) is 19.4 Å². The van der Waals surface area contributed by atoms with Gasteiger partial charge in [0.05, 0.1) is 6.04 Å². The number of halogens is 1. The maximum absolute atomic E-state index is 11.8. The van der Waals surface area contributed by atoms with E-state index in [-0.39, 0.29) is 36.3 Å². The van der Waals surface area contributed by atoms with E-state index in [4.69, 9.17) is 5.73 Å². The zero-order valence-electron chi connectivity index (χ0n) is 8.44. The summed E-state index contributed by atoms with van der Waals surface area (Å²) in [6.07, 6.45) is 2.47. The van der Waals surface area contributed by atoms with Crippen LogP contribution < -0.4 is 11.1 Å². The van der Waals surface area contributed by atoms with Gasteiger partial charge in [-0.1, -0.05) is 0 Å². The number of hydrogen-bond donors (Lipinski definition) is 2. The standard InChI is InChI=1S/C9H15N3O2.ClH/c10-8(13)7-2-1-5-12(7)9(14)6-3-4-11-6;/h6-7,11H,1-5H2,(H2,10,13);1H/t6-,7?;/m1./s1. The van der Waals surface area contributed by atoms with Gasteiger partial charge in [-0.3, -0.25) is 9.59 Å². The number of carbonyl (C=O) groups is 2. The van der Waals surface area contributed by atoms with Gasteiger partial charge in [-0.2, -0.15) is 0 Å². The van der Waals surface area contributed by atoms with E-state index in [0.29, 0.717) is 13.0 Å². The molecule has 2 saturated heterocycles. The van der Waals surface area contributed by atoms with E-state index >= 15 is 0 Å². The van der Waals surface area contributed by atoms with Crippen molar-refractivity contribution < 1.29 is 9.59 Å². The van der Waals surface area contributed by atoms with Crippen LogP contribution in [0.15, 0.2) is 0 Å².